The molecule has 1 saturated carbocycles. The smallest absolute Gasteiger partial charge is 0.233 e. The molecule has 3 rings (SSSR count). The molecule has 108 valence electrons. The maximum absolute atomic E-state index is 13.1. The van der Waals surface area contributed by atoms with Crippen LogP contribution in [0.4, 0.5) is 0 Å². The van der Waals surface area contributed by atoms with Crippen molar-refractivity contribution in [3.8, 4) is 0 Å². The Kier molecular flexibility index (Phi) is 3.13. The molecule has 1 unspecified atom stereocenters. The molecule has 1 aromatic carbocycles. The number of hydrogen-bond acceptors (Lipinski definition) is 2. The molecular weight excluding hydrogens is 248 g/mol. The highest BCUT2D eigenvalue weighted by Gasteiger charge is 2.55. The maximum atomic E-state index is 13.1. The Balaban J connectivity index is 1.89. The molecular formula is C17H24N2O. The van der Waals surface area contributed by atoms with Gasteiger partial charge < -0.3 is 10.2 Å². The Morgan fingerprint density at radius 1 is 1.25 bits per heavy atom. The number of hydrogen-bond donors (Lipinski definition) is 1. The number of amides is 1. The SMILES string of the molecule is CC1CN(C(=O)C2(c3ccccc3)CC2)C(C)(C)CN1. The Morgan fingerprint density at radius 2 is 1.90 bits per heavy atom. The molecule has 1 aliphatic heterocycles. The number of carbonyl (C=O) groups is 1. The first-order chi connectivity index (χ1) is 9.46. The first kappa shape index (κ1) is 13.6. The number of nitrogens with one attached hydrogen (secondary N) is 1. The summed E-state index contributed by atoms with van der Waals surface area (Å²) in [6, 6.07) is 10.7. The predicted molar refractivity (Wildman–Crippen MR) is 80.6 cm³/mol. The fraction of sp³-hybridized carbons (Fsp3) is 0.588. The lowest BCUT2D eigenvalue weighted by atomic mass is 9.89. The maximum Gasteiger partial charge on any atom is 0.233 e. The fourth-order valence-corrected chi connectivity index (χ4v) is 3.23. The number of benzene rings is 1. The predicted octanol–water partition coefficient (Wildman–Crippen LogP) is 2.32. The van der Waals surface area contributed by atoms with Crippen LogP contribution in [0.2, 0.25) is 0 Å². The van der Waals surface area contributed by atoms with Crippen molar-refractivity contribution < 1.29 is 4.79 Å². The van der Waals surface area contributed by atoms with Crippen LogP contribution in [-0.4, -0.2) is 35.5 Å². The Morgan fingerprint density at radius 3 is 2.50 bits per heavy atom. The Hall–Kier alpha value is -1.35. The van der Waals surface area contributed by atoms with Gasteiger partial charge in [-0.2, -0.15) is 0 Å². The first-order valence-electron chi connectivity index (χ1n) is 7.57. The summed E-state index contributed by atoms with van der Waals surface area (Å²) in [5.41, 5.74) is 0.843. The van der Waals surface area contributed by atoms with Crippen LogP contribution >= 0.6 is 0 Å². The van der Waals surface area contributed by atoms with Crippen LogP contribution in [0, 0.1) is 0 Å². The van der Waals surface area contributed by atoms with Crippen molar-refractivity contribution in [2.24, 2.45) is 0 Å². The second-order valence-corrected chi connectivity index (χ2v) is 6.96. The second kappa shape index (κ2) is 4.59. The lowest BCUT2D eigenvalue weighted by Crippen LogP contribution is -2.64. The molecule has 20 heavy (non-hydrogen) atoms. The fourth-order valence-electron chi connectivity index (χ4n) is 3.23. The van der Waals surface area contributed by atoms with Gasteiger partial charge in [-0.25, -0.2) is 0 Å². The van der Waals surface area contributed by atoms with E-state index in [1.54, 1.807) is 0 Å². The van der Waals surface area contributed by atoms with Gasteiger partial charge >= 0.3 is 0 Å². The van der Waals surface area contributed by atoms with Crippen molar-refractivity contribution in [3.05, 3.63) is 35.9 Å². The van der Waals surface area contributed by atoms with E-state index < -0.39 is 0 Å². The van der Waals surface area contributed by atoms with Gasteiger partial charge in [-0.15, -0.1) is 0 Å². The average Bonchev–Trinajstić information content (AvgIpc) is 3.23. The molecule has 0 spiro atoms. The van der Waals surface area contributed by atoms with Gasteiger partial charge in [0.2, 0.25) is 5.91 Å². The second-order valence-electron chi connectivity index (χ2n) is 6.96. The average molecular weight is 272 g/mol. The van der Waals surface area contributed by atoms with Gasteiger partial charge in [0.25, 0.3) is 0 Å². The molecule has 1 aliphatic carbocycles. The molecule has 1 saturated heterocycles. The van der Waals surface area contributed by atoms with Crippen LogP contribution in [0.3, 0.4) is 0 Å². The van der Waals surface area contributed by atoms with E-state index in [4.69, 9.17) is 0 Å². The first-order valence-corrected chi connectivity index (χ1v) is 7.57. The molecule has 1 heterocycles. The molecule has 3 nitrogen and oxygen atoms in total. The van der Waals surface area contributed by atoms with Gasteiger partial charge in [0.1, 0.15) is 0 Å². The summed E-state index contributed by atoms with van der Waals surface area (Å²) >= 11 is 0. The highest BCUT2D eigenvalue weighted by molar-refractivity contribution is 5.92. The molecule has 1 N–H and O–H groups in total. The van der Waals surface area contributed by atoms with Crippen molar-refractivity contribution in [1.82, 2.24) is 10.2 Å². The van der Waals surface area contributed by atoms with Gasteiger partial charge in [-0.05, 0) is 39.2 Å². The molecule has 1 amide bonds. The number of piperazine rings is 1. The molecule has 0 radical (unpaired) electrons. The Bertz CT molecular complexity index is 505. The van der Waals surface area contributed by atoms with E-state index in [-0.39, 0.29) is 11.0 Å². The topological polar surface area (TPSA) is 32.3 Å². The van der Waals surface area contributed by atoms with Crippen LogP contribution in [0.5, 0.6) is 0 Å². The van der Waals surface area contributed by atoms with Crippen molar-refractivity contribution >= 4 is 5.91 Å². The summed E-state index contributed by atoms with van der Waals surface area (Å²) in [6.07, 6.45) is 1.98. The lowest BCUT2D eigenvalue weighted by Gasteiger charge is -2.47. The molecule has 1 aromatic rings. The minimum Gasteiger partial charge on any atom is -0.334 e. The summed E-state index contributed by atoms with van der Waals surface area (Å²) in [5.74, 6) is 0.321. The van der Waals surface area contributed by atoms with E-state index in [2.05, 4.69) is 43.1 Å². The zero-order valence-corrected chi connectivity index (χ0v) is 12.6. The largest absolute Gasteiger partial charge is 0.334 e. The van der Waals surface area contributed by atoms with Crippen molar-refractivity contribution in [3.63, 3.8) is 0 Å². The molecule has 3 heteroatoms. The van der Waals surface area contributed by atoms with Crippen LogP contribution in [0.1, 0.15) is 39.2 Å². The van der Waals surface area contributed by atoms with Crippen molar-refractivity contribution in [1.29, 1.82) is 0 Å². The third-order valence-corrected chi connectivity index (χ3v) is 4.80. The minimum atomic E-state index is -0.240. The van der Waals surface area contributed by atoms with E-state index in [9.17, 15) is 4.79 Å². The van der Waals surface area contributed by atoms with E-state index in [0.717, 1.165) is 25.9 Å². The summed E-state index contributed by atoms with van der Waals surface area (Å²) in [4.78, 5) is 15.2. The molecule has 0 aromatic heterocycles. The summed E-state index contributed by atoms with van der Waals surface area (Å²) < 4.78 is 0. The van der Waals surface area contributed by atoms with Gasteiger partial charge in [-0.1, -0.05) is 30.3 Å². The molecule has 0 bridgehead atoms. The van der Waals surface area contributed by atoms with Crippen LogP contribution < -0.4 is 5.32 Å². The van der Waals surface area contributed by atoms with Crippen LogP contribution in [0.15, 0.2) is 30.3 Å². The summed E-state index contributed by atoms with van der Waals surface area (Å²) in [5, 5.41) is 3.47. The van der Waals surface area contributed by atoms with E-state index >= 15 is 0 Å². The van der Waals surface area contributed by atoms with Crippen molar-refractivity contribution in [2.75, 3.05) is 13.1 Å². The zero-order chi connectivity index (χ0) is 14.4. The van der Waals surface area contributed by atoms with Crippen LogP contribution in [-0.2, 0) is 10.2 Å². The number of nitrogens with zero attached hydrogens (tertiary/aromatic N) is 1. The third kappa shape index (κ3) is 2.14. The van der Waals surface area contributed by atoms with Crippen molar-refractivity contribution in [2.45, 2.75) is 50.6 Å². The van der Waals surface area contributed by atoms with Crippen LogP contribution in [0.25, 0.3) is 0 Å². The molecule has 2 fully saturated rings. The summed E-state index contributed by atoms with van der Waals surface area (Å²) in [7, 11) is 0. The molecule has 1 atom stereocenters. The monoisotopic (exact) mass is 272 g/mol. The van der Waals surface area contributed by atoms with Gasteiger partial charge in [0.15, 0.2) is 0 Å². The van der Waals surface area contributed by atoms with Gasteiger partial charge in [0, 0.05) is 24.7 Å². The third-order valence-electron chi connectivity index (χ3n) is 4.80. The quantitative estimate of drug-likeness (QED) is 0.896. The van der Waals surface area contributed by atoms with Gasteiger partial charge in [-0.3, -0.25) is 4.79 Å². The van der Waals surface area contributed by atoms with Gasteiger partial charge in [0.05, 0.1) is 5.41 Å². The number of carbonyl (C=O) groups excluding carboxylic acids is 1. The number of rotatable bonds is 2. The normalized spacial score (nSPS) is 27.1. The van der Waals surface area contributed by atoms with E-state index in [1.807, 2.05) is 18.2 Å². The zero-order valence-electron chi connectivity index (χ0n) is 12.6. The highest BCUT2D eigenvalue weighted by Crippen LogP contribution is 2.50. The minimum absolute atomic E-state index is 0.103. The highest BCUT2D eigenvalue weighted by atomic mass is 16.2. The standard InChI is InChI=1S/C17H24N2O/c1-13-11-19(16(2,3)12-18-13)15(20)17(9-10-17)14-7-5-4-6-8-14/h4-8,13,18H,9-12H2,1-3H3. The van der Waals surface area contributed by atoms with E-state index in [0.29, 0.717) is 11.9 Å². The Labute approximate surface area is 121 Å². The molecule has 2 aliphatic rings. The lowest BCUT2D eigenvalue weighted by molar-refractivity contribution is -0.141. The van der Waals surface area contributed by atoms with E-state index in [1.165, 1.54) is 5.56 Å². The summed E-state index contributed by atoms with van der Waals surface area (Å²) in [6.45, 7) is 8.14.